The van der Waals surface area contributed by atoms with E-state index in [4.69, 9.17) is 0 Å². The number of halogens is 1. The van der Waals surface area contributed by atoms with E-state index >= 15 is 0 Å². The van der Waals surface area contributed by atoms with Crippen LogP contribution in [0.5, 0.6) is 0 Å². The summed E-state index contributed by atoms with van der Waals surface area (Å²) in [6, 6.07) is 22.8. The lowest BCUT2D eigenvalue weighted by Gasteiger charge is -2.32. The second-order valence-corrected chi connectivity index (χ2v) is 10.8. The molecule has 7 heteroatoms. The molecule has 3 aromatic rings. The molecule has 0 spiro atoms. The zero-order valence-corrected chi connectivity index (χ0v) is 20.0. The normalized spacial score (nSPS) is 14.7. The summed E-state index contributed by atoms with van der Waals surface area (Å²) < 4.78 is 39.3. The van der Waals surface area contributed by atoms with Gasteiger partial charge in [0.25, 0.3) is 5.91 Å². The standard InChI is InChI=1S/C27H29FN2O3S/c1-34(32,33)30(20-23-7-11-25(28)12-8-23)26-13-9-24(10-14-26)27(31)29-17-15-22(16-18-29)19-21-5-3-2-4-6-21/h2-14,22H,15-20H2,1H3. The molecule has 0 bridgehead atoms. The number of nitrogens with zero attached hydrogens (tertiary/aromatic N) is 2. The first kappa shape index (κ1) is 24.0. The lowest BCUT2D eigenvalue weighted by Crippen LogP contribution is -2.39. The third-order valence-corrected chi connectivity index (χ3v) is 7.45. The molecule has 5 nitrogen and oxygen atoms in total. The van der Waals surface area contributed by atoms with E-state index in [1.807, 2.05) is 11.0 Å². The second kappa shape index (κ2) is 10.4. The van der Waals surface area contributed by atoms with Crippen molar-refractivity contribution in [2.75, 3.05) is 23.7 Å². The summed E-state index contributed by atoms with van der Waals surface area (Å²) in [5, 5.41) is 0. The molecule has 0 radical (unpaired) electrons. The highest BCUT2D eigenvalue weighted by Gasteiger charge is 2.24. The van der Waals surface area contributed by atoms with Gasteiger partial charge in [0.05, 0.1) is 18.5 Å². The van der Waals surface area contributed by atoms with E-state index in [1.165, 1.54) is 22.0 Å². The molecule has 0 aromatic heterocycles. The predicted molar refractivity (Wildman–Crippen MR) is 133 cm³/mol. The maximum Gasteiger partial charge on any atom is 0.253 e. The molecule has 1 aliphatic heterocycles. The molecule has 0 unspecified atom stereocenters. The monoisotopic (exact) mass is 480 g/mol. The molecule has 1 amide bonds. The fourth-order valence-electron chi connectivity index (χ4n) is 4.40. The fourth-order valence-corrected chi connectivity index (χ4v) is 5.28. The lowest BCUT2D eigenvalue weighted by atomic mass is 9.90. The quantitative estimate of drug-likeness (QED) is 0.484. The highest BCUT2D eigenvalue weighted by molar-refractivity contribution is 7.92. The van der Waals surface area contributed by atoms with Crippen molar-refractivity contribution in [3.05, 3.63) is 101 Å². The molecule has 4 rings (SSSR count). The van der Waals surface area contributed by atoms with Gasteiger partial charge in [-0.1, -0.05) is 42.5 Å². The van der Waals surface area contributed by atoms with Crippen molar-refractivity contribution >= 4 is 21.6 Å². The van der Waals surface area contributed by atoms with Gasteiger partial charge < -0.3 is 4.90 Å². The van der Waals surface area contributed by atoms with Crippen LogP contribution in [-0.2, 0) is 23.0 Å². The minimum Gasteiger partial charge on any atom is -0.339 e. The van der Waals surface area contributed by atoms with E-state index in [0.717, 1.165) is 38.6 Å². The number of piperidine rings is 1. The van der Waals surface area contributed by atoms with Crippen LogP contribution in [0.1, 0.15) is 34.3 Å². The predicted octanol–water partition coefficient (Wildman–Crippen LogP) is 4.89. The van der Waals surface area contributed by atoms with Crippen molar-refractivity contribution in [3.63, 3.8) is 0 Å². The molecule has 1 fully saturated rings. The summed E-state index contributed by atoms with van der Waals surface area (Å²) in [4.78, 5) is 14.9. The molecule has 3 aromatic carbocycles. The van der Waals surface area contributed by atoms with Crippen molar-refractivity contribution < 1.29 is 17.6 Å². The molecule has 0 N–H and O–H groups in total. The summed E-state index contributed by atoms with van der Waals surface area (Å²) in [7, 11) is -3.57. The number of carbonyl (C=O) groups is 1. The van der Waals surface area contributed by atoms with Gasteiger partial charge >= 0.3 is 0 Å². The van der Waals surface area contributed by atoms with Crippen LogP contribution in [0, 0.1) is 11.7 Å². The Hall–Kier alpha value is -3.19. The Balaban J connectivity index is 1.40. The SMILES string of the molecule is CS(=O)(=O)N(Cc1ccc(F)cc1)c1ccc(C(=O)N2CCC(Cc3ccccc3)CC2)cc1. The van der Waals surface area contributed by atoms with Crippen LogP contribution in [0.15, 0.2) is 78.9 Å². The van der Waals surface area contributed by atoms with Crippen LogP contribution >= 0.6 is 0 Å². The maximum absolute atomic E-state index is 13.2. The van der Waals surface area contributed by atoms with E-state index in [2.05, 4.69) is 24.3 Å². The highest BCUT2D eigenvalue weighted by atomic mass is 32.2. The van der Waals surface area contributed by atoms with Gasteiger partial charge in [0.2, 0.25) is 10.0 Å². The van der Waals surface area contributed by atoms with Gasteiger partial charge in [0.1, 0.15) is 5.82 Å². The first-order valence-corrected chi connectivity index (χ1v) is 13.3. The van der Waals surface area contributed by atoms with E-state index in [0.29, 0.717) is 22.7 Å². The average molecular weight is 481 g/mol. The number of likely N-dealkylation sites (tertiary alicyclic amines) is 1. The van der Waals surface area contributed by atoms with Gasteiger partial charge in [0.15, 0.2) is 0 Å². The largest absolute Gasteiger partial charge is 0.339 e. The Morgan fingerprint density at radius 1 is 0.912 bits per heavy atom. The van der Waals surface area contributed by atoms with E-state index in [1.54, 1.807) is 36.4 Å². The van der Waals surface area contributed by atoms with Crippen molar-refractivity contribution in [1.29, 1.82) is 0 Å². The molecule has 34 heavy (non-hydrogen) atoms. The Labute approximate surface area is 200 Å². The van der Waals surface area contributed by atoms with Gasteiger partial charge in [-0.15, -0.1) is 0 Å². The lowest BCUT2D eigenvalue weighted by molar-refractivity contribution is 0.0690. The van der Waals surface area contributed by atoms with E-state index in [-0.39, 0.29) is 18.3 Å². The van der Waals surface area contributed by atoms with Crippen LogP contribution in [0.2, 0.25) is 0 Å². The zero-order chi connectivity index (χ0) is 24.1. The van der Waals surface area contributed by atoms with Gasteiger partial charge in [-0.2, -0.15) is 0 Å². The minimum atomic E-state index is -3.57. The Morgan fingerprint density at radius 3 is 2.12 bits per heavy atom. The van der Waals surface area contributed by atoms with Crippen molar-refractivity contribution in [2.45, 2.75) is 25.8 Å². The van der Waals surface area contributed by atoms with Crippen LogP contribution in [0.25, 0.3) is 0 Å². The van der Waals surface area contributed by atoms with Crippen molar-refractivity contribution in [2.24, 2.45) is 5.92 Å². The Bertz CT molecular complexity index is 1200. The molecule has 0 saturated carbocycles. The zero-order valence-electron chi connectivity index (χ0n) is 19.2. The van der Waals surface area contributed by atoms with E-state index in [9.17, 15) is 17.6 Å². The molecule has 1 saturated heterocycles. The number of anilines is 1. The molecule has 1 heterocycles. The average Bonchev–Trinajstić information content (AvgIpc) is 2.84. The fraction of sp³-hybridized carbons (Fsp3) is 0.296. The second-order valence-electron chi connectivity index (χ2n) is 8.87. The molecule has 178 valence electrons. The smallest absolute Gasteiger partial charge is 0.253 e. The third kappa shape index (κ3) is 6.03. The number of hydrogen-bond donors (Lipinski definition) is 0. The third-order valence-electron chi connectivity index (χ3n) is 6.31. The Morgan fingerprint density at radius 2 is 1.53 bits per heavy atom. The first-order chi connectivity index (χ1) is 16.3. The number of hydrogen-bond acceptors (Lipinski definition) is 3. The number of benzene rings is 3. The van der Waals surface area contributed by atoms with Crippen LogP contribution in [0.4, 0.5) is 10.1 Å². The minimum absolute atomic E-state index is 0.0332. The summed E-state index contributed by atoms with van der Waals surface area (Å²) in [6.07, 6.45) is 4.11. The molecule has 1 aliphatic rings. The van der Waals surface area contributed by atoms with Crippen LogP contribution in [0.3, 0.4) is 0 Å². The molecule has 0 aliphatic carbocycles. The molecule has 0 atom stereocenters. The van der Waals surface area contributed by atoms with Crippen LogP contribution in [-0.4, -0.2) is 38.6 Å². The first-order valence-electron chi connectivity index (χ1n) is 11.4. The molecular formula is C27H29FN2O3S. The van der Waals surface area contributed by atoms with Gasteiger partial charge in [-0.25, -0.2) is 12.8 Å². The van der Waals surface area contributed by atoms with Crippen molar-refractivity contribution in [3.8, 4) is 0 Å². The number of rotatable bonds is 7. The van der Waals surface area contributed by atoms with Gasteiger partial charge in [-0.05, 0) is 72.7 Å². The topological polar surface area (TPSA) is 57.7 Å². The summed E-state index contributed by atoms with van der Waals surface area (Å²) >= 11 is 0. The van der Waals surface area contributed by atoms with Gasteiger partial charge in [-0.3, -0.25) is 9.10 Å². The van der Waals surface area contributed by atoms with Crippen LogP contribution < -0.4 is 4.31 Å². The number of sulfonamides is 1. The Kier molecular flexibility index (Phi) is 7.32. The van der Waals surface area contributed by atoms with Crippen molar-refractivity contribution in [1.82, 2.24) is 4.90 Å². The summed E-state index contributed by atoms with van der Waals surface area (Å²) in [5.41, 5.74) is 3.01. The summed E-state index contributed by atoms with van der Waals surface area (Å²) in [5.74, 6) is 0.166. The van der Waals surface area contributed by atoms with E-state index < -0.39 is 10.0 Å². The molecular weight excluding hydrogens is 451 g/mol. The maximum atomic E-state index is 13.2. The highest BCUT2D eigenvalue weighted by Crippen LogP contribution is 2.25. The number of amides is 1. The van der Waals surface area contributed by atoms with Gasteiger partial charge in [0, 0.05) is 18.7 Å². The number of carbonyl (C=O) groups excluding carboxylic acids is 1. The summed E-state index contributed by atoms with van der Waals surface area (Å²) in [6.45, 7) is 1.53.